The van der Waals surface area contributed by atoms with E-state index < -0.39 is 5.97 Å². The van der Waals surface area contributed by atoms with Crippen LogP contribution in [0.1, 0.15) is 10.5 Å². The highest BCUT2D eigenvalue weighted by atomic mass is 35.5. The van der Waals surface area contributed by atoms with Crippen LogP contribution in [0.5, 0.6) is 0 Å². The quantitative estimate of drug-likeness (QED) is 0.582. The lowest BCUT2D eigenvalue weighted by Gasteiger charge is -2.05. The summed E-state index contributed by atoms with van der Waals surface area (Å²) in [5.41, 5.74) is 0.0607. The number of nitrogens with zero attached hydrogens (tertiary/aromatic N) is 1. The number of thioether (sulfide) groups is 2. The molecule has 0 amide bonds. The largest absolute Gasteiger partial charge is 0.477 e. The van der Waals surface area contributed by atoms with Crippen LogP contribution in [0, 0.1) is 0 Å². The second-order valence-electron chi connectivity index (χ2n) is 3.95. The minimum Gasteiger partial charge on any atom is -0.477 e. The van der Waals surface area contributed by atoms with E-state index in [-0.39, 0.29) is 5.69 Å². The summed E-state index contributed by atoms with van der Waals surface area (Å²) in [4.78, 5) is 16.5. The van der Waals surface area contributed by atoms with Crippen molar-refractivity contribution in [1.82, 2.24) is 4.98 Å². The number of rotatable bonds is 6. The first-order valence-corrected chi connectivity index (χ1v) is 8.69. The summed E-state index contributed by atoms with van der Waals surface area (Å²) in [5.74, 6) is 0.656. The first-order valence-electron chi connectivity index (χ1n) is 5.96. The number of carboxylic acid groups (broad SMARTS) is 1. The van der Waals surface area contributed by atoms with Gasteiger partial charge in [0.1, 0.15) is 5.69 Å². The molecule has 2 aromatic rings. The maximum absolute atomic E-state index is 10.8. The van der Waals surface area contributed by atoms with Crippen molar-refractivity contribution >= 4 is 52.7 Å². The zero-order valence-corrected chi connectivity index (χ0v) is 13.9. The molecule has 1 heterocycles. The van der Waals surface area contributed by atoms with Gasteiger partial charge in [0.15, 0.2) is 0 Å². The Hall–Kier alpha value is -0.880. The lowest BCUT2D eigenvalue weighted by Crippen LogP contribution is -1.99. The lowest BCUT2D eigenvalue weighted by molar-refractivity contribution is 0.0690. The van der Waals surface area contributed by atoms with Gasteiger partial charge in [0.2, 0.25) is 0 Å². The Kier molecular flexibility index (Phi) is 6.23. The average molecular weight is 360 g/mol. The van der Waals surface area contributed by atoms with Gasteiger partial charge >= 0.3 is 5.97 Å². The lowest BCUT2D eigenvalue weighted by atomic mass is 10.3. The number of hydrogen-bond acceptors (Lipinski definition) is 4. The van der Waals surface area contributed by atoms with E-state index in [1.807, 2.05) is 6.07 Å². The average Bonchev–Trinajstić information content (AvgIpc) is 2.47. The number of halogens is 2. The molecule has 2 rings (SSSR count). The van der Waals surface area contributed by atoms with Gasteiger partial charge in [-0.2, -0.15) is 0 Å². The minimum atomic E-state index is -1.02. The van der Waals surface area contributed by atoms with Crippen molar-refractivity contribution in [2.75, 3.05) is 11.5 Å². The van der Waals surface area contributed by atoms with Crippen LogP contribution in [0.2, 0.25) is 10.0 Å². The zero-order chi connectivity index (χ0) is 15.2. The van der Waals surface area contributed by atoms with Crippen molar-refractivity contribution in [2.45, 2.75) is 9.79 Å². The molecule has 3 nitrogen and oxygen atoms in total. The summed E-state index contributed by atoms with van der Waals surface area (Å²) in [6.45, 7) is 0. The molecular formula is C14H11Cl2NO2S2. The van der Waals surface area contributed by atoms with E-state index in [0.717, 1.165) is 21.3 Å². The van der Waals surface area contributed by atoms with Crippen LogP contribution < -0.4 is 0 Å². The molecule has 1 aromatic heterocycles. The predicted molar refractivity (Wildman–Crippen MR) is 89.1 cm³/mol. The smallest absolute Gasteiger partial charge is 0.354 e. The first kappa shape index (κ1) is 16.5. The highest BCUT2D eigenvalue weighted by Crippen LogP contribution is 2.31. The topological polar surface area (TPSA) is 50.2 Å². The summed E-state index contributed by atoms with van der Waals surface area (Å²) in [7, 11) is 0. The van der Waals surface area contributed by atoms with Crippen molar-refractivity contribution in [2.24, 2.45) is 0 Å². The molecule has 0 aliphatic rings. The van der Waals surface area contributed by atoms with Crippen LogP contribution >= 0.6 is 46.7 Å². The van der Waals surface area contributed by atoms with Gasteiger partial charge in [-0.3, -0.25) is 0 Å². The Balaban J connectivity index is 1.86. The molecule has 1 N–H and O–H groups in total. The van der Waals surface area contributed by atoms with Gasteiger partial charge in [-0.25, -0.2) is 9.78 Å². The number of aromatic carboxylic acids is 1. The second kappa shape index (κ2) is 7.94. The third-order valence-electron chi connectivity index (χ3n) is 2.45. The Bertz CT molecular complexity index is 653. The molecule has 0 bridgehead atoms. The van der Waals surface area contributed by atoms with E-state index in [4.69, 9.17) is 28.3 Å². The van der Waals surface area contributed by atoms with Crippen molar-refractivity contribution < 1.29 is 9.90 Å². The van der Waals surface area contributed by atoms with Crippen molar-refractivity contribution in [3.63, 3.8) is 0 Å². The van der Waals surface area contributed by atoms with Crippen LogP contribution in [0.4, 0.5) is 0 Å². The van der Waals surface area contributed by atoms with Gasteiger partial charge in [-0.1, -0.05) is 23.2 Å². The van der Waals surface area contributed by atoms with Gasteiger partial charge in [0.05, 0.1) is 5.02 Å². The first-order chi connectivity index (χ1) is 10.1. The molecule has 0 spiro atoms. The predicted octanol–water partition coefficient (Wildman–Crippen LogP) is 4.97. The number of pyridine rings is 1. The molecule has 0 unspecified atom stereocenters. The third-order valence-corrected chi connectivity index (χ3v) is 5.44. The Morgan fingerprint density at radius 1 is 1.14 bits per heavy atom. The van der Waals surface area contributed by atoms with Gasteiger partial charge in [-0.15, -0.1) is 23.5 Å². The minimum absolute atomic E-state index is 0.0607. The molecule has 0 fully saturated rings. The van der Waals surface area contributed by atoms with E-state index in [1.165, 1.54) is 6.20 Å². The highest BCUT2D eigenvalue weighted by molar-refractivity contribution is 8.03. The summed E-state index contributed by atoms with van der Waals surface area (Å²) in [6, 6.07) is 8.75. The number of hydrogen-bond donors (Lipinski definition) is 1. The highest BCUT2D eigenvalue weighted by Gasteiger charge is 2.06. The van der Waals surface area contributed by atoms with E-state index in [0.29, 0.717) is 10.0 Å². The second-order valence-corrected chi connectivity index (χ2v) is 7.10. The van der Waals surface area contributed by atoms with Crippen molar-refractivity contribution in [1.29, 1.82) is 0 Å². The fraction of sp³-hybridized carbons (Fsp3) is 0.143. The van der Waals surface area contributed by atoms with Crippen LogP contribution in [0.25, 0.3) is 0 Å². The van der Waals surface area contributed by atoms with Gasteiger partial charge in [0.25, 0.3) is 0 Å². The molecule has 21 heavy (non-hydrogen) atoms. The number of aromatic nitrogens is 1. The molecule has 0 atom stereocenters. The van der Waals surface area contributed by atoms with Crippen molar-refractivity contribution in [3.8, 4) is 0 Å². The van der Waals surface area contributed by atoms with Crippen LogP contribution in [0.15, 0.2) is 46.3 Å². The SMILES string of the molecule is O=C(O)c1cc(SCCSc2cc(Cl)ccc2Cl)ccn1. The Morgan fingerprint density at radius 3 is 2.67 bits per heavy atom. The molecule has 7 heteroatoms. The molecule has 0 radical (unpaired) electrons. The molecular weight excluding hydrogens is 349 g/mol. The fourth-order valence-electron chi connectivity index (χ4n) is 1.52. The van der Waals surface area contributed by atoms with Crippen molar-refractivity contribution in [3.05, 3.63) is 52.3 Å². The van der Waals surface area contributed by atoms with Crippen LogP contribution in [-0.4, -0.2) is 27.6 Å². The number of benzene rings is 1. The van der Waals surface area contributed by atoms with E-state index >= 15 is 0 Å². The zero-order valence-electron chi connectivity index (χ0n) is 10.8. The molecule has 0 aliphatic carbocycles. The standard InChI is InChI=1S/C14H11Cl2NO2S2/c15-9-1-2-11(16)13(7-9)21-6-5-20-10-3-4-17-12(8-10)14(18)19/h1-4,7-8H,5-6H2,(H,18,19). The Labute approximate surface area is 141 Å². The van der Waals surface area contributed by atoms with E-state index in [2.05, 4.69) is 4.98 Å². The molecule has 0 saturated carbocycles. The van der Waals surface area contributed by atoms with Crippen LogP contribution in [-0.2, 0) is 0 Å². The summed E-state index contributed by atoms with van der Waals surface area (Å²) in [5, 5.41) is 10.2. The molecule has 0 saturated heterocycles. The third kappa shape index (κ3) is 5.11. The summed E-state index contributed by atoms with van der Waals surface area (Å²) >= 11 is 15.2. The van der Waals surface area contributed by atoms with E-state index in [9.17, 15) is 4.79 Å². The maximum atomic E-state index is 10.8. The van der Waals surface area contributed by atoms with Crippen LogP contribution in [0.3, 0.4) is 0 Å². The van der Waals surface area contributed by atoms with E-state index in [1.54, 1.807) is 47.8 Å². The summed E-state index contributed by atoms with van der Waals surface area (Å²) < 4.78 is 0. The normalized spacial score (nSPS) is 10.6. The number of carboxylic acids is 1. The summed E-state index contributed by atoms with van der Waals surface area (Å²) in [6.07, 6.45) is 1.51. The maximum Gasteiger partial charge on any atom is 0.354 e. The Morgan fingerprint density at radius 2 is 1.90 bits per heavy atom. The van der Waals surface area contributed by atoms with Gasteiger partial charge in [-0.05, 0) is 30.3 Å². The molecule has 0 aliphatic heterocycles. The van der Waals surface area contributed by atoms with Gasteiger partial charge in [0, 0.05) is 32.5 Å². The molecule has 1 aromatic carbocycles. The van der Waals surface area contributed by atoms with Gasteiger partial charge < -0.3 is 5.11 Å². The molecule has 110 valence electrons. The fourth-order valence-corrected chi connectivity index (χ4v) is 3.93. The monoisotopic (exact) mass is 359 g/mol. The number of carbonyl (C=O) groups is 1.